The van der Waals surface area contributed by atoms with E-state index in [0.717, 1.165) is 44.2 Å². The van der Waals surface area contributed by atoms with Crippen molar-refractivity contribution in [3.05, 3.63) is 48.3 Å². The highest BCUT2D eigenvalue weighted by Gasteiger charge is 2.05. The third kappa shape index (κ3) is 7.38. The maximum absolute atomic E-state index is 14.3. The first-order valence-corrected chi connectivity index (χ1v) is 9.46. The lowest BCUT2D eigenvalue weighted by molar-refractivity contribution is 0.108. The molecule has 0 atom stereocenters. The number of nitrogens with one attached hydrogen (secondary N) is 2. The summed E-state index contributed by atoms with van der Waals surface area (Å²) >= 11 is 0. The van der Waals surface area contributed by atoms with Gasteiger partial charge in [-0.15, -0.1) is 0 Å². The Morgan fingerprint density at radius 1 is 1.33 bits per heavy atom. The number of aromatic nitrogens is 2. The quantitative estimate of drug-likeness (QED) is 0.380. The number of guanidine groups is 1. The van der Waals surface area contributed by atoms with Crippen molar-refractivity contribution in [2.24, 2.45) is 10.9 Å². The van der Waals surface area contributed by atoms with Gasteiger partial charge in [0.25, 0.3) is 0 Å². The van der Waals surface area contributed by atoms with Gasteiger partial charge < -0.3 is 19.9 Å². The molecule has 1 aromatic heterocycles. The number of benzene rings is 1. The van der Waals surface area contributed by atoms with Gasteiger partial charge in [0.05, 0.1) is 18.6 Å². The van der Waals surface area contributed by atoms with E-state index in [4.69, 9.17) is 4.74 Å². The molecule has 0 unspecified atom stereocenters. The Balaban J connectivity index is 1.85. The van der Waals surface area contributed by atoms with E-state index in [2.05, 4.69) is 34.5 Å². The van der Waals surface area contributed by atoms with Crippen LogP contribution in [0.25, 0.3) is 5.69 Å². The van der Waals surface area contributed by atoms with Crippen molar-refractivity contribution in [1.82, 2.24) is 20.2 Å². The summed E-state index contributed by atoms with van der Waals surface area (Å²) in [7, 11) is 0. The highest BCUT2D eigenvalue weighted by atomic mass is 19.1. The number of ether oxygens (including phenoxy) is 1. The average molecular weight is 375 g/mol. The second kappa shape index (κ2) is 11.3. The van der Waals surface area contributed by atoms with Crippen molar-refractivity contribution >= 4 is 5.96 Å². The van der Waals surface area contributed by atoms with Gasteiger partial charge in [-0.05, 0) is 37.0 Å². The molecule has 0 saturated heterocycles. The third-order valence-electron chi connectivity index (χ3n) is 3.77. The van der Waals surface area contributed by atoms with Crippen molar-refractivity contribution in [2.75, 3.05) is 26.3 Å². The van der Waals surface area contributed by atoms with Gasteiger partial charge in [0, 0.05) is 38.7 Å². The molecule has 1 heterocycles. The number of nitrogens with zero attached hydrogens (tertiary/aromatic N) is 3. The monoisotopic (exact) mass is 375 g/mol. The van der Waals surface area contributed by atoms with Crippen LogP contribution in [0.1, 0.15) is 32.8 Å². The topological polar surface area (TPSA) is 63.5 Å². The van der Waals surface area contributed by atoms with Gasteiger partial charge in [-0.3, -0.25) is 0 Å². The minimum absolute atomic E-state index is 0.291. The third-order valence-corrected chi connectivity index (χ3v) is 3.77. The normalized spacial score (nSPS) is 11.8. The molecule has 7 heteroatoms. The first-order chi connectivity index (χ1) is 13.1. The zero-order valence-corrected chi connectivity index (χ0v) is 16.4. The van der Waals surface area contributed by atoms with Crippen LogP contribution >= 0.6 is 0 Å². The minimum atomic E-state index is -0.291. The molecule has 0 spiro atoms. The zero-order valence-electron chi connectivity index (χ0n) is 16.4. The van der Waals surface area contributed by atoms with Crippen molar-refractivity contribution in [3.63, 3.8) is 0 Å². The average Bonchev–Trinajstić information content (AvgIpc) is 3.16. The number of aliphatic imine (C=N–C) groups is 1. The number of hydrogen-bond donors (Lipinski definition) is 2. The highest BCUT2D eigenvalue weighted by molar-refractivity contribution is 5.79. The number of rotatable bonds is 10. The molecular formula is C20H30FN5O. The summed E-state index contributed by atoms with van der Waals surface area (Å²) in [6.45, 7) is 9.75. The minimum Gasteiger partial charge on any atom is -0.381 e. The second-order valence-electron chi connectivity index (χ2n) is 6.70. The lowest BCUT2D eigenvalue weighted by Gasteiger charge is -2.12. The molecule has 2 rings (SSSR count). The summed E-state index contributed by atoms with van der Waals surface area (Å²) in [5, 5.41) is 6.48. The Bertz CT molecular complexity index is 700. The fourth-order valence-corrected chi connectivity index (χ4v) is 2.47. The molecule has 0 radical (unpaired) electrons. The molecule has 27 heavy (non-hydrogen) atoms. The van der Waals surface area contributed by atoms with Crippen molar-refractivity contribution < 1.29 is 9.13 Å². The Labute approximate surface area is 160 Å². The Morgan fingerprint density at radius 3 is 2.85 bits per heavy atom. The van der Waals surface area contributed by atoms with E-state index in [1.807, 2.05) is 13.0 Å². The van der Waals surface area contributed by atoms with Crippen LogP contribution in [0.5, 0.6) is 0 Å². The molecule has 0 aliphatic heterocycles. The molecule has 0 bridgehead atoms. The molecule has 0 aliphatic rings. The number of hydrogen-bond acceptors (Lipinski definition) is 3. The van der Waals surface area contributed by atoms with E-state index >= 15 is 0 Å². The molecule has 2 aromatic rings. The maximum atomic E-state index is 14.3. The first kappa shape index (κ1) is 20.9. The van der Waals surface area contributed by atoms with Gasteiger partial charge in [0.1, 0.15) is 5.82 Å². The van der Waals surface area contributed by atoms with Crippen LogP contribution in [-0.2, 0) is 11.3 Å². The molecule has 1 aromatic carbocycles. The summed E-state index contributed by atoms with van der Waals surface area (Å²) in [5.41, 5.74) is 1.29. The molecule has 0 amide bonds. The zero-order chi connectivity index (χ0) is 19.5. The highest BCUT2D eigenvalue weighted by Crippen LogP contribution is 2.15. The summed E-state index contributed by atoms with van der Waals surface area (Å²) in [6.07, 6.45) is 5.83. The van der Waals surface area contributed by atoms with Crippen LogP contribution in [0.15, 0.2) is 41.9 Å². The standard InChI is InChI=1S/C20H30FN5O/c1-4-23-20(24-8-5-11-27-14-16(2)3)25-13-17-6-7-19(18(21)12-17)26-10-9-22-15-26/h6-7,9-10,12,15-16H,4-5,8,11,13-14H2,1-3H3,(H2,23,24,25). The largest absolute Gasteiger partial charge is 0.381 e. The van der Waals surface area contributed by atoms with Crippen LogP contribution in [0.2, 0.25) is 0 Å². The van der Waals surface area contributed by atoms with Crippen molar-refractivity contribution in [2.45, 2.75) is 33.7 Å². The predicted octanol–water partition coefficient (Wildman–Crippen LogP) is 3.13. The lowest BCUT2D eigenvalue weighted by Crippen LogP contribution is -2.38. The maximum Gasteiger partial charge on any atom is 0.191 e. The number of halogens is 1. The van der Waals surface area contributed by atoms with E-state index in [-0.39, 0.29) is 5.82 Å². The van der Waals surface area contributed by atoms with Crippen molar-refractivity contribution in [3.8, 4) is 5.69 Å². The first-order valence-electron chi connectivity index (χ1n) is 9.46. The van der Waals surface area contributed by atoms with Crippen molar-refractivity contribution in [1.29, 1.82) is 0 Å². The van der Waals surface area contributed by atoms with Gasteiger partial charge in [-0.25, -0.2) is 14.4 Å². The van der Waals surface area contributed by atoms with Crippen LogP contribution < -0.4 is 10.6 Å². The number of imidazole rings is 1. The van der Waals surface area contributed by atoms with E-state index < -0.39 is 0 Å². The fourth-order valence-electron chi connectivity index (χ4n) is 2.47. The van der Waals surface area contributed by atoms with Crippen LogP contribution in [-0.4, -0.2) is 41.8 Å². The molecule has 2 N–H and O–H groups in total. The molecular weight excluding hydrogens is 345 g/mol. The summed E-state index contributed by atoms with van der Waals surface area (Å²) < 4.78 is 21.5. The Morgan fingerprint density at radius 2 is 2.19 bits per heavy atom. The molecule has 0 aliphatic carbocycles. The summed E-state index contributed by atoms with van der Waals surface area (Å²) in [5.74, 6) is 0.985. The van der Waals surface area contributed by atoms with Gasteiger partial charge in [0.15, 0.2) is 5.96 Å². The SMILES string of the molecule is CCNC(=NCc1ccc(-n2ccnc2)c(F)c1)NCCCOCC(C)C. The van der Waals surface area contributed by atoms with E-state index in [0.29, 0.717) is 18.2 Å². The van der Waals surface area contributed by atoms with Gasteiger partial charge in [0.2, 0.25) is 0 Å². The van der Waals surface area contributed by atoms with E-state index in [9.17, 15) is 4.39 Å². The van der Waals surface area contributed by atoms with E-state index in [1.165, 1.54) is 6.07 Å². The second-order valence-corrected chi connectivity index (χ2v) is 6.70. The molecule has 0 fully saturated rings. The van der Waals surface area contributed by atoms with Gasteiger partial charge in [-0.2, -0.15) is 0 Å². The van der Waals surface area contributed by atoms with E-state index in [1.54, 1.807) is 29.4 Å². The Hall–Kier alpha value is -2.41. The van der Waals surface area contributed by atoms with Crippen LogP contribution in [0.4, 0.5) is 4.39 Å². The summed E-state index contributed by atoms with van der Waals surface area (Å²) in [6, 6.07) is 5.14. The van der Waals surface area contributed by atoms with Crippen LogP contribution in [0, 0.1) is 11.7 Å². The van der Waals surface area contributed by atoms with Gasteiger partial charge >= 0.3 is 0 Å². The Kier molecular flexibility index (Phi) is 8.77. The van der Waals surface area contributed by atoms with Crippen LogP contribution in [0.3, 0.4) is 0 Å². The molecule has 148 valence electrons. The molecule has 6 nitrogen and oxygen atoms in total. The summed E-state index contributed by atoms with van der Waals surface area (Å²) in [4.78, 5) is 8.48. The lowest BCUT2D eigenvalue weighted by atomic mass is 10.2. The fraction of sp³-hybridized carbons (Fsp3) is 0.500. The van der Waals surface area contributed by atoms with Gasteiger partial charge in [-0.1, -0.05) is 19.9 Å². The predicted molar refractivity (Wildman–Crippen MR) is 107 cm³/mol. The smallest absolute Gasteiger partial charge is 0.191 e. The molecule has 0 saturated carbocycles.